The topological polar surface area (TPSA) is 18.5 Å². The predicted octanol–water partition coefficient (Wildman–Crippen LogP) is 2.64. The number of rotatable bonds is 4. The van der Waals surface area contributed by atoms with E-state index in [4.69, 9.17) is 0 Å². The second-order valence-corrected chi connectivity index (χ2v) is 5.73. The highest BCUT2D eigenvalue weighted by Crippen LogP contribution is 2.30. The van der Waals surface area contributed by atoms with Gasteiger partial charge >= 0.3 is 0 Å². The molecule has 20 heavy (non-hydrogen) atoms. The molecule has 112 valence electrons. The molecular weight excluding hydrogens is 253 g/mol. The lowest BCUT2D eigenvalue weighted by Crippen LogP contribution is -2.50. The number of hydrogen-bond donors (Lipinski definition) is 1. The van der Waals surface area contributed by atoms with Crippen LogP contribution in [0.5, 0.6) is 0 Å². The van der Waals surface area contributed by atoms with Crippen LogP contribution >= 0.6 is 0 Å². The highest BCUT2D eigenvalue weighted by atomic mass is 19.1. The van der Waals surface area contributed by atoms with Gasteiger partial charge in [-0.25, -0.2) is 4.39 Å². The molecule has 1 aliphatic heterocycles. The number of nitrogens with zero attached hydrogens (tertiary/aromatic N) is 2. The van der Waals surface area contributed by atoms with Crippen molar-refractivity contribution in [1.82, 2.24) is 10.2 Å². The zero-order valence-electron chi connectivity index (χ0n) is 13.0. The third kappa shape index (κ3) is 3.13. The quantitative estimate of drug-likeness (QED) is 0.914. The Balaban J connectivity index is 2.29. The number of hydrogen-bond acceptors (Lipinski definition) is 3. The highest BCUT2D eigenvalue weighted by Gasteiger charge is 2.25. The molecule has 0 aliphatic carbocycles. The van der Waals surface area contributed by atoms with E-state index in [0.717, 1.165) is 37.4 Å². The number of anilines is 1. The number of likely N-dealkylation sites (N-methyl/N-ethyl adjacent to an activating group) is 1. The first-order chi connectivity index (χ1) is 9.54. The lowest BCUT2D eigenvalue weighted by molar-refractivity contribution is 0.233. The van der Waals surface area contributed by atoms with E-state index < -0.39 is 0 Å². The van der Waals surface area contributed by atoms with E-state index in [1.165, 1.54) is 0 Å². The standard InChI is InChI=1S/C16H26FN3/c1-5-18-13(3)16-14(17)7-6-8-15(16)20-10-9-19(4)12(2)11-20/h6-8,12-13,18H,5,9-11H2,1-4H3. The molecule has 3 nitrogen and oxygen atoms in total. The maximum atomic E-state index is 14.3. The second-order valence-electron chi connectivity index (χ2n) is 5.73. The molecule has 0 bridgehead atoms. The minimum Gasteiger partial charge on any atom is -0.368 e. The van der Waals surface area contributed by atoms with Crippen LogP contribution in [0.15, 0.2) is 18.2 Å². The summed E-state index contributed by atoms with van der Waals surface area (Å²) in [4.78, 5) is 4.67. The van der Waals surface area contributed by atoms with Crippen molar-refractivity contribution in [3.63, 3.8) is 0 Å². The minimum absolute atomic E-state index is 0.0335. The monoisotopic (exact) mass is 279 g/mol. The Bertz CT molecular complexity index is 449. The molecule has 1 fully saturated rings. The summed E-state index contributed by atoms with van der Waals surface area (Å²) >= 11 is 0. The van der Waals surface area contributed by atoms with Crippen LogP contribution in [0.2, 0.25) is 0 Å². The van der Waals surface area contributed by atoms with Crippen molar-refractivity contribution in [2.45, 2.75) is 32.9 Å². The Morgan fingerprint density at radius 3 is 2.80 bits per heavy atom. The smallest absolute Gasteiger partial charge is 0.130 e. The van der Waals surface area contributed by atoms with Crippen molar-refractivity contribution in [3.8, 4) is 0 Å². The average molecular weight is 279 g/mol. The summed E-state index contributed by atoms with van der Waals surface area (Å²) in [5, 5.41) is 3.32. The van der Waals surface area contributed by atoms with E-state index in [1.54, 1.807) is 6.07 Å². The fourth-order valence-electron chi connectivity index (χ4n) is 2.91. The SMILES string of the molecule is CCNC(C)c1c(F)cccc1N1CCN(C)C(C)C1. The number of nitrogens with one attached hydrogen (secondary N) is 1. The largest absolute Gasteiger partial charge is 0.368 e. The van der Waals surface area contributed by atoms with Crippen molar-refractivity contribution in [1.29, 1.82) is 0 Å². The van der Waals surface area contributed by atoms with Gasteiger partial charge in [0.15, 0.2) is 0 Å². The number of piperazine rings is 1. The lowest BCUT2D eigenvalue weighted by Gasteiger charge is -2.40. The molecule has 1 heterocycles. The fraction of sp³-hybridized carbons (Fsp3) is 0.625. The fourth-order valence-corrected chi connectivity index (χ4v) is 2.91. The molecule has 1 aliphatic rings. The van der Waals surface area contributed by atoms with Crippen LogP contribution in [-0.4, -0.2) is 44.2 Å². The molecule has 4 heteroatoms. The lowest BCUT2D eigenvalue weighted by atomic mass is 10.0. The molecule has 2 atom stereocenters. The first-order valence-corrected chi connectivity index (χ1v) is 7.51. The summed E-state index contributed by atoms with van der Waals surface area (Å²) in [6.45, 7) is 10.1. The Hall–Kier alpha value is -1.13. The van der Waals surface area contributed by atoms with Gasteiger partial charge in [-0.2, -0.15) is 0 Å². The van der Waals surface area contributed by atoms with Crippen LogP contribution in [-0.2, 0) is 0 Å². The molecule has 0 aromatic heterocycles. The van der Waals surface area contributed by atoms with Crippen LogP contribution in [0.1, 0.15) is 32.4 Å². The molecule has 1 aromatic rings. The van der Waals surface area contributed by atoms with Gasteiger partial charge in [0.1, 0.15) is 5.82 Å². The van der Waals surface area contributed by atoms with E-state index >= 15 is 0 Å². The molecule has 2 rings (SSSR count). The third-order valence-electron chi connectivity index (χ3n) is 4.27. The normalized spacial score (nSPS) is 22.1. The molecule has 0 spiro atoms. The first kappa shape index (κ1) is 15.3. The highest BCUT2D eigenvalue weighted by molar-refractivity contribution is 5.56. The molecule has 0 radical (unpaired) electrons. The summed E-state index contributed by atoms with van der Waals surface area (Å²) in [6, 6.07) is 5.95. The Labute approximate surface area is 121 Å². The van der Waals surface area contributed by atoms with E-state index in [2.05, 4.69) is 36.0 Å². The maximum Gasteiger partial charge on any atom is 0.130 e. The Kier molecular flexibility index (Phi) is 5.00. The molecule has 1 saturated heterocycles. The molecule has 0 saturated carbocycles. The average Bonchev–Trinajstić information content (AvgIpc) is 2.41. The number of benzene rings is 1. The van der Waals surface area contributed by atoms with Gasteiger partial charge in [0.25, 0.3) is 0 Å². The Morgan fingerprint density at radius 1 is 1.40 bits per heavy atom. The number of halogens is 1. The van der Waals surface area contributed by atoms with Gasteiger partial charge in [0.2, 0.25) is 0 Å². The summed E-state index contributed by atoms with van der Waals surface area (Å²) in [5.41, 5.74) is 1.84. The van der Waals surface area contributed by atoms with Crippen molar-refractivity contribution >= 4 is 5.69 Å². The summed E-state index contributed by atoms with van der Waals surface area (Å²) in [6.07, 6.45) is 0. The van der Waals surface area contributed by atoms with Gasteiger partial charge in [-0.3, -0.25) is 0 Å². The van der Waals surface area contributed by atoms with Crippen molar-refractivity contribution in [2.24, 2.45) is 0 Å². The second kappa shape index (κ2) is 6.55. The van der Waals surface area contributed by atoms with Crippen molar-refractivity contribution in [2.75, 3.05) is 38.1 Å². The van der Waals surface area contributed by atoms with Crippen molar-refractivity contribution in [3.05, 3.63) is 29.6 Å². The maximum absolute atomic E-state index is 14.3. The van der Waals surface area contributed by atoms with Crippen LogP contribution < -0.4 is 10.2 Å². The molecular formula is C16H26FN3. The van der Waals surface area contributed by atoms with Crippen LogP contribution in [0.25, 0.3) is 0 Å². The van der Waals surface area contributed by atoms with Gasteiger partial charge in [0, 0.05) is 43.0 Å². The summed E-state index contributed by atoms with van der Waals surface area (Å²) < 4.78 is 14.3. The minimum atomic E-state index is -0.109. The molecule has 1 N–H and O–H groups in total. The summed E-state index contributed by atoms with van der Waals surface area (Å²) in [5.74, 6) is -0.109. The van der Waals surface area contributed by atoms with E-state index in [1.807, 2.05) is 19.1 Å². The predicted molar refractivity (Wildman–Crippen MR) is 82.8 cm³/mol. The van der Waals surface area contributed by atoms with Gasteiger partial charge in [-0.15, -0.1) is 0 Å². The Morgan fingerprint density at radius 2 is 2.15 bits per heavy atom. The van der Waals surface area contributed by atoms with E-state index in [9.17, 15) is 4.39 Å². The van der Waals surface area contributed by atoms with Gasteiger partial charge in [-0.1, -0.05) is 13.0 Å². The van der Waals surface area contributed by atoms with Crippen LogP contribution in [0.3, 0.4) is 0 Å². The van der Waals surface area contributed by atoms with Crippen molar-refractivity contribution < 1.29 is 4.39 Å². The summed E-state index contributed by atoms with van der Waals surface area (Å²) in [7, 11) is 2.15. The van der Waals surface area contributed by atoms with E-state index in [-0.39, 0.29) is 11.9 Å². The molecule has 0 amide bonds. The zero-order valence-corrected chi connectivity index (χ0v) is 13.0. The van der Waals surface area contributed by atoms with Gasteiger partial charge < -0.3 is 15.1 Å². The van der Waals surface area contributed by atoms with E-state index in [0.29, 0.717) is 6.04 Å². The van der Waals surface area contributed by atoms with Crippen LogP contribution in [0, 0.1) is 5.82 Å². The van der Waals surface area contributed by atoms with Gasteiger partial charge in [-0.05, 0) is 39.6 Å². The molecule has 1 aromatic carbocycles. The van der Waals surface area contributed by atoms with Crippen LogP contribution in [0.4, 0.5) is 10.1 Å². The third-order valence-corrected chi connectivity index (χ3v) is 4.27. The van der Waals surface area contributed by atoms with Gasteiger partial charge in [0.05, 0.1) is 0 Å². The molecule has 2 unspecified atom stereocenters. The first-order valence-electron chi connectivity index (χ1n) is 7.51. The zero-order chi connectivity index (χ0) is 14.7.